The zero-order valence-electron chi connectivity index (χ0n) is 15.7. The van der Waals surface area contributed by atoms with E-state index in [1.54, 1.807) is 0 Å². The molecule has 0 saturated carbocycles. The molecule has 2 N–H and O–H groups in total. The van der Waals surface area contributed by atoms with Gasteiger partial charge in [0.15, 0.2) is 5.16 Å². The summed E-state index contributed by atoms with van der Waals surface area (Å²) in [6.45, 7) is 6.26. The molecule has 6 heteroatoms. The van der Waals surface area contributed by atoms with Gasteiger partial charge < -0.3 is 10.3 Å². The highest BCUT2D eigenvalue weighted by atomic mass is 32.2. The molecule has 0 aliphatic rings. The highest BCUT2D eigenvalue weighted by Gasteiger charge is 2.11. The summed E-state index contributed by atoms with van der Waals surface area (Å²) >= 11 is 1.26. The van der Waals surface area contributed by atoms with Crippen molar-refractivity contribution >= 4 is 23.4 Å². The van der Waals surface area contributed by atoms with Gasteiger partial charge >= 0.3 is 0 Å². The Kier molecular flexibility index (Phi) is 7.91. The molecule has 1 amide bonds. The van der Waals surface area contributed by atoms with E-state index in [0.717, 1.165) is 54.6 Å². The molecule has 2 aromatic rings. The number of amides is 1. The van der Waals surface area contributed by atoms with Crippen molar-refractivity contribution in [2.45, 2.75) is 58.0 Å². The van der Waals surface area contributed by atoms with Crippen LogP contribution in [-0.4, -0.2) is 21.6 Å². The molecule has 0 unspecified atom stereocenters. The van der Waals surface area contributed by atoms with Gasteiger partial charge in [0.05, 0.1) is 5.75 Å². The number of anilines is 1. The number of benzene rings is 1. The second-order valence-electron chi connectivity index (χ2n) is 6.14. The third kappa shape index (κ3) is 5.73. The molecule has 0 spiro atoms. The van der Waals surface area contributed by atoms with Crippen molar-refractivity contribution in [2.75, 3.05) is 11.1 Å². The van der Waals surface area contributed by atoms with E-state index in [1.165, 1.54) is 17.8 Å². The lowest BCUT2D eigenvalue weighted by molar-refractivity contribution is -0.113. The van der Waals surface area contributed by atoms with Crippen molar-refractivity contribution in [1.29, 1.82) is 0 Å². The van der Waals surface area contributed by atoms with Crippen LogP contribution < -0.4 is 10.9 Å². The quantitative estimate of drug-likeness (QED) is 0.515. The number of rotatable bonds is 9. The fourth-order valence-corrected chi connectivity index (χ4v) is 3.44. The summed E-state index contributed by atoms with van der Waals surface area (Å²) in [5, 5.41) is 3.53. The number of carbonyl (C=O) groups is 1. The number of aromatic nitrogens is 2. The number of hydrogen-bond donors (Lipinski definition) is 2. The zero-order chi connectivity index (χ0) is 18.9. The number of nitrogens with zero attached hydrogens (tertiary/aromatic N) is 1. The second-order valence-corrected chi connectivity index (χ2v) is 7.10. The Morgan fingerprint density at radius 3 is 2.50 bits per heavy atom. The van der Waals surface area contributed by atoms with Gasteiger partial charge in [-0.2, -0.15) is 0 Å². The van der Waals surface area contributed by atoms with Gasteiger partial charge in [0, 0.05) is 17.4 Å². The standard InChI is InChI=1S/C20H27N3O2S/c1-4-7-11-16-12-17(24)23-20(21-16)26-13-18(25)22-19-14(5-2)9-8-10-15(19)6-3/h8-10,12H,4-7,11,13H2,1-3H3,(H,22,25)(H,21,23,24). The molecule has 0 bridgehead atoms. The second kappa shape index (κ2) is 10.2. The van der Waals surface area contributed by atoms with Crippen LogP contribution in [0, 0.1) is 0 Å². The van der Waals surface area contributed by atoms with Crippen molar-refractivity contribution in [2.24, 2.45) is 0 Å². The van der Waals surface area contributed by atoms with Crippen molar-refractivity contribution < 1.29 is 4.79 Å². The number of unbranched alkanes of at least 4 members (excludes halogenated alkanes) is 1. The van der Waals surface area contributed by atoms with Gasteiger partial charge in [-0.05, 0) is 36.8 Å². The van der Waals surface area contributed by atoms with Crippen molar-refractivity contribution in [3.05, 3.63) is 51.4 Å². The number of nitrogens with one attached hydrogen (secondary N) is 2. The van der Waals surface area contributed by atoms with Crippen LogP contribution in [0.4, 0.5) is 5.69 Å². The van der Waals surface area contributed by atoms with Crippen LogP contribution in [-0.2, 0) is 24.1 Å². The van der Waals surface area contributed by atoms with Gasteiger partial charge in [0.25, 0.3) is 5.56 Å². The van der Waals surface area contributed by atoms with Crippen LogP contribution in [0.25, 0.3) is 0 Å². The summed E-state index contributed by atoms with van der Waals surface area (Å²) in [5.41, 5.74) is 3.80. The number of carbonyl (C=O) groups excluding carboxylic acids is 1. The minimum Gasteiger partial charge on any atom is -0.325 e. The fraction of sp³-hybridized carbons (Fsp3) is 0.450. The van der Waals surface area contributed by atoms with Crippen LogP contribution >= 0.6 is 11.8 Å². The molecule has 0 aliphatic carbocycles. The zero-order valence-corrected chi connectivity index (χ0v) is 16.5. The average molecular weight is 374 g/mol. The molecular formula is C20H27N3O2S. The number of aromatic amines is 1. The SMILES string of the molecule is CCCCc1cc(=O)[nH]c(SCC(=O)Nc2c(CC)cccc2CC)n1. The highest BCUT2D eigenvalue weighted by molar-refractivity contribution is 7.99. The van der Waals surface area contributed by atoms with Gasteiger partial charge in [-0.1, -0.05) is 57.2 Å². The molecule has 0 saturated heterocycles. The summed E-state index contributed by atoms with van der Waals surface area (Å²) in [5.74, 6) is 0.119. The van der Waals surface area contributed by atoms with Crippen LogP contribution in [0.3, 0.4) is 0 Å². The molecule has 2 rings (SSSR count). The van der Waals surface area contributed by atoms with Crippen LogP contribution in [0.15, 0.2) is 34.2 Å². The van der Waals surface area contributed by atoms with Crippen molar-refractivity contribution in [3.8, 4) is 0 Å². The van der Waals surface area contributed by atoms with Gasteiger partial charge in [-0.25, -0.2) is 4.98 Å². The predicted molar refractivity (Wildman–Crippen MR) is 108 cm³/mol. The molecule has 26 heavy (non-hydrogen) atoms. The van der Waals surface area contributed by atoms with E-state index in [4.69, 9.17) is 0 Å². The molecule has 0 aliphatic heterocycles. The van der Waals surface area contributed by atoms with Gasteiger partial charge in [0.1, 0.15) is 0 Å². The van der Waals surface area contributed by atoms with E-state index in [9.17, 15) is 9.59 Å². The topological polar surface area (TPSA) is 74.8 Å². The molecule has 1 aromatic heterocycles. The maximum atomic E-state index is 12.4. The number of hydrogen-bond acceptors (Lipinski definition) is 4. The summed E-state index contributed by atoms with van der Waals surface area (Å²) in [4.78, 5) is 31.3. The van der Waals surface area contributed by atoms with E-state index in [-0.39, 0.29) is 17.2 Å². The maximum absolute atomic E-state index is 12.4. The van der Waals surface area contributed by atoms with Gasteiger partial charge in [-0.3, -0.25) is 9.59 Å². The third-order valence-corrected chi connectivity index (χ3v) is 5.04. The lowest BCUT2D eigenvalue weighted by Crippen LogP contribution is -2.18. The molecule has 140 valence electrons. The van der Waals surface area contributed by atoms with Crippen molar-refractivity contribution in [3.63, 3.8) is 0 Å². The fourth-order valence-electron chi connectivity index (χ4n) is 2.75. The lowest BCUT2D eigenvalue weighted by atomic mass is 10.0. The van der Waals surface area contributed by atoms with E-state index in [0.29, 0.717) is 5.16 Å². The highest BCUT2D eigenvalue weighted by Crippen LogP contribution is 2.23. The van der Waals surface area contributed by atoms with Crippen LogP contribution in [0.2, 0.25) is 0 Å². The Labute approximate surface area is 159 Å². The first-order valence-corrected chi connectivity index (χ1v) is 10.2. The molecule has 0 radical (unpaired) electrons. The van der Waals surface area contributed by atoms with Gasteiger partial charge in [0.2, 0.25) is 5.91 Å². The average Bonchev–Trinajstić information content (AvgIpc) is 2.64. The first-order chi connectivity index (χ1) is 12.6. The normalized spacial score (nSPS) is 10.7. The monoisotopic (exact) mass is 373 g/mol. The Morgan fingerprint density at radius 2 is 1.88 bits per heavy atom. The Balaban J connectivity index is 2.04. The minimum atomic E-state index is -0.168. The largest absolute Gasteiger partial charge is 0.325 e. The first kappa shape index (κ1) is 20.2. The van der Waals surface area contributed by atoms with Crippen LogP contribution in [0.5, 0.6) is 0 Å². The smallest absolute Gasteiger partial charge is 0.251 e. The van der Waals surface area contributed by atoms with E-state index < -0.39 is 0 Å². The number of thioether (sulfide) groups is 1. The molecule has 1 aromatic carbocycles. The molecule has 0 atom stereocenters. The lowest BCUT2D eigenvalue weighted by Gasteiger charge is -2.14. The molecule has 5 nitrogen and oxygen atoms in total. The Hall–Kier alpha value is -2.08. The number of aryl methyl sites for hydroxylation is 3. The predicted octanol–water partition coefficient (Wildman–Crippen LogP) is 3.97. The van der Waals surface area contributed by atoms with Crippen molar-refractivity contribution in [1.82, 2.24) is 9.97 Å². The molecular weight excluding hydrogens is 346 g/mol. The minimum absolute atomic E-state index is 0.0905. The first-order valence-electron chi connectivity index (χ1n) is 9.21. The Bertz CT molecular complexity index is 780. The van der Waals surface area contributed by atoms with E-state index in [1.807, 2.05) is 18.2 Å². The summed E-state index contributed by atoms with van der Waals surface area (Å²) in [6.07, 6.45) is 4.56. The molecule has 0 fully saturated rings. The maximum Gasteiger partial charge on any atom is 0.251 e. The number of para-hydroxylation sites is 1. The van der Waals surface area contributed by atoms with Gasteiger partial charge in [-0.15, -0.1) is 0 Å². The summed E-state index contributed by atoms with van der Waals surface area (Å²) in [7, 11) is 0. The summed E-state index contributed by atoms with van der Waals surface area (Å²) in [6, 6.07) is 7.64. The third-order valence-electron chi connectivity index (χ3n) is 4.16. The molecule has 1 heterocycles. The summed E-state index contributed by atoms with van der Waals surface area (Å²) < 4.78 is 0. The van der Waals surface area contributed by atoms with Crippen LogP contribution in [0.1, 0.15) is 50.4 Å². The Morgan fingerprint density at radius 1 is 1.19 bits per heavy atom. The van der Waals surface area contributed by atoms with E-state index >= 15 is 0 Å². The van der Waals surface area contributed by atoms with E-state index in [2.05, 4.69) is 36.1 Å². The number of H-pyrrole nitrogens is 1.